The maximum Gasteiger partial charge on any atom is 0.297 e. The van der Waals surface area contributed by atoms with Crippen LogP contribution in [-0.2, 0) is 7.05 Å². The van der Waals surface area contributed by atoms with Gasteiger partial charge in [0.05, 0.1) is 16.3 Å². The summed E-state index contributed by atoms with van der Waals surface area (Å²) in [5, 5.41) is 10.7. The second-order valence-corrected chi connectivity index (χ2v) is 5.90. The maximum atomic E-state index is 12.7. The lowest BCUT2D eigenvalue weighted by Gasteiger charge is -2.07. The van der Waals surface area contributed by atoms with Crippen molar-refractivity contribution in [3.63, 3.8) is 0 Å². The Bertz CT molecular complexity index is 1070. The van der Waals surface area contributed by atoms with Gasteiger partial charge in [0.2, 0.25) is 0 Å². The predicted molar refractivity (Wildman–Crippen MR) is 106 cm³/mol. The van der Waals surface area contributed by atoms with Crippen LogP contribution in [0.4, 0.5) is 11.4 Å². The normalized spacial score (nSPS) is 11.5. The van der Waals surface area contributed by atoms with Gasteiger partial charge in [-0.25, -0.2) is 9.67 Å². The highest BCUT2D eigenvalue weighted by Crippen LogP contribution is 2.16. The number of aromatic nitrogens is 2. The largest absolute Gasteiger partial charge is 0.297 e. The first-order valence-electron chi connectivity index (χ1n) is 8.28. The van der Waals surface area contributed by atoms with Crippen molar-refractivity contribution in [2.24, 2.45) is 12.0 Å². The minimum atomic E-state index is -0.440. The van der Waals surface area contributed by atoms with Crippen LogP contribution in [0.25, 0.3) is 11.8 Å². The smallest absolute Gasteiger partial charge is 0.283 e. The van der Waals surface area contributed by atoms with E-state index >= 15 is 0 Å². The zero-order valence-corrected chi connectivity index (χ0v) is 14.9. The lowest BCUT2D eigenvalue weighted by molar-refractivity contribution is -0.384. The van der Waals surface area contributed by atoms with Crippen LogP contribution in [0.1, 0.15) is 11.3 Å². The van der Waals surface area contributed by atoms with Gasteiger partial charge in [-0.1, -0.05) is 24.3 Å². The second kappa shape index (κ2) is 7.65. The molecule has 0 N–H and O–H groups in total. The average Bonchev–Trinajstić information content (AvgIpc) is 2.89. The van der Waals surface area contributed by atoms with Gasteiger partial charge < -0.3 is 0 Å². The fourth-order valence-electron chi connectivity index (χ4n) is 2.68. The fourth-order valence-corrected chi connectivity index (χ4v) is 2.68. The Balaban J connectivity index is 1.83. The number of rotatable bonds is 5. The molecule has 0 saturated carbocycles. The average molecular weight is 362 g/mol. The van der Waals surface area contributed by atoms with Crippen molar-refractivity contribution in [3.8, 4) is 5.69 Å². The SMILES string of the molecule is Cc1c(N=C/C=C/c2ccc([N+](=O)[O-])cc2)c(=O)n(-c2ccccc2)n1C. The van der Waals surface area contributed by atoms with Crippen molar-refractivity contribution in [2.75, 3.05) is 0 Å². The molecule has 7 nitrogen and oxygen atoms in total. The third kappa shape index (κ3) is 3.77. The molecule has 1 heterocycles. The van der Waals surface area contributed by atoms with Gasteiger partial charge in [-0.2, -0.15) is 0 Å². The monoisotopic (exact) mass is 362 g/mol. The summed E-state index contributed by atoms with van der Waals surface area (Å²) in [7, 11) is 1.81. The zero-order valence-electron chi connectivity index (χ0n) is 14.9. The number of benzene rings is 2. The van der Waals surface area contributed by atoms with Crippen LogP contribution < -0.4 is 5.56 Å². The molecule has 0 saturated heterocycles. The third-order valence-corrected chi connectivity index (χ3v) is 4.21. The van der Waals surface area contributed by atoms with E-state index in [9.17, 15) is 14.9 Å². The molecule has 0 aliphatic rings. The van der Waals surface area contributed by atoms with Gasteiger partial charge in [-0.15, -0.1) is 0 Å². The van der Waals surface area contributed by atoms with Crippen molar-refractivity contribution < 1.29 is 4.92 Å². The molecule has 136 valence electrons. The molecule has 0 bridgehead atoms. The van der Waals surface area contributed by atoms with E-state index < -0.39 is 4.92 Å². The molecule has 2 aromatic carbocycles. The standard InChI is InChI=1S/C20H18N4O3/c1-15-19(20(25)23(22(15)2)17-8-4-3-5-9-17)21-14-6-7-16-10-12-18(13-11-16)24(26)27/h3-14H,1-2H3/b7-6+,21-14?. The van der Waals surface area contributed by atoms with Crippen molar-refractivity contribution >= 4 is 23.7 Å². The van der Waals surface area contributed by atoms with E-state index in [1.807, 2.05) is 44.3 Å². The summed E-state index contributed by atoms with van der Waals surface area (Å²) < 4.78 is 3.34. The molecule has 0 aliphatic heterocycles. The quantitative estimate of drug-likeness (QED) is 0.393. The van der Waals surface area contributed by atoms with Gasteiger partial charge in [0.25, 0.3) is 11.2 Å². The number of para-hydroxylation sites is 1. The zero-order chi connectivity index (χ0) is 19.4. The lowest BCUT2D eigenvalue weighted by atomic mass is 10.2. The third-order valence-electron chi connectivity index (χ3n) is 4.21. The summed E-state index contributed by atoms with van der Waals surface area (Å²) >= 11 is 0. The topological polar surface area (TPSA) is 82.4 Å². The lowest BCUT2D eigenvalue weighted by Crippen LogP contribution is -2.19. The van der Waals surface area contributed by atoms with Crippen LogP contribution in [-0.4, -0.2) is 20.5 Å². The second-order valence-electron chi connectivity index (χ2n) is 5.90. The minimum absolute atomic E-state index is 0.0437. The van der Waals surface area contributed by atoms with Gasteiger partial charge in [-0.3, -0.25) is 19.6 Å². The van der Waals surface area contributed by atoms with E-state index in [1.54, 1.807) is 39.9 Å². The maximum absolute atomic E-state index is 12.7. The number of hydrogen-bond acceptors (Lipinski definition) is 4. The molecule has 0 unspecified atom stereocenters. The minimum Gasteiger partial charge on any atom is -0.283 e. The molecule has 0 radical (unpaired) electrons. The van der Waals surface area contributed by atoms with E-state index in [4.69, 9.17) is 0 Å². The summed E-state index contributed by atoms with van der Waals surface area (Å²) in [6.45, 7) is 1.84. The molecule has 3 rings (SSSR count). The molecule has 0 spiro atoms. The summed E-state index contributed by atoms with van der Waals surface area (Å²) in [4.78, 5) is 27.2. The van der Waals surface area contributed by atoms with Gasteiger partial charge in [0, 0.05) is 25.4 Å². The molecule has 1 aromatic heterocycles. The summed E-state index contributed by atoms with van der Waals surface area (Å²) in [6.07, 6.45) is 5.00. The van der Waals surface area contributed by atoms with Crippen LogP contribution in [0.3, 0.4) is 0 Å². The van der Waals surface area contributed by atoms with E-state index in [2.05, 4.69) is 4.99 Å². The predicted octanol–water partition coefficient (Wildman–Crippen LogP) is 3.81. The summed E-state index contributed by atoms with van der Waals surface area (Å²) in [5.41, 5.74) is 2.55. The number of nitro groups is 1. The number of aliphatic imine (C=N–C) groups is 1. The first-order valence-corrected chi connectivity index (χ1v) is 8.28. The molecular weight excluding hydrogens is 344 g/mol. The summed E-state index contributed by atoms with van der Waals surface area (Å²) in [5.74, 6) is 0. The number of nitrogens with zero attached hydrogens (tertiary/aromatic N) is 4. The number of non-ortho nitro benzene ring substituents is 1. The van der Waals surface area contributed by atoms with Crippen LogP contribution in [0.15, 0.2) is 70.5 Å². The summed E-state index contributed by atoms with van der Waals surface area (Å²) in [6, 6.07) is 15.6. The molecule has 27 heavy (non-hydrogen) atoms. The van der Waals surface area contributed by atoms with E-state index in [1.165, 1.54) is 12.1 Å². The van der Waals surface area contributed by atoms with E-state index in [0.717, 1.165) is 16.9 Å². The highest BCUT2D eigenvalue weighted by Gasteiger charge is 2.14. The molecule has 0 atom stereocenters. The molecule has 7 heteroatoms. The number of allylic oxidation sites excluding steroid dienone is 1. The van der Waals surface area contributed by atoms with Crippen LogP contribution in [0.5, 0.6) is 0 Å². The first-order chi connectivity index (χ1) is 13.0. The molecular formula is C20H18N4O3. The highest BCUT2D eigenvalue weighted by atomic mass is 16.6. The van der Waals surface area contributed by atoms with Gasteiger partial charge in [0.1, 0.15) is 0 Å². The Morgan fingerprint density at radius 3 is 2.37 bits per heavy atom. The van der Waals surface area contributed by atoms with E-state index in [0.29, 0.717) is 5.69 Å². The van der Waals surface area contributed by atoms with Gasteiger partial charge in [0.15, 0.2) is 5.69 Å². The highest BCUT2D eigenvalue weighted by molar-refractivity contribution is 5.80. The molecule has 0 amide bonds. The Kier molecular flexibility index (Phi) is 5.12. The first kappa shape index (κ1) is 18.1. The van der Waals surface area contributed by atoms with E-state index in [-0.39, 0.29) is 11.2 Å². The number of nitro benzene ring substituents is 1. The number of hydrogen-bond donors (Lipinski definition) is 0. The molecule has 0 fully saturated rings. The van der Waals surface area contributed by atoms with Crippen LogP contribution in [0.2, 0.25) is 0 Å². The Hall–Kier alpha value is -3.74. The van der Waals surface area contributed by atoms with Crippen molar-refractivity contribution in [1.82, 2.24) is 9.36 Å². The van der Waals surface area contributed by atoms with Crippen LogP contribution in [0, 0.1) is 17.0 Å². The van der Waals surface area contributed by atoms with Gasteiger partial charge in [-0.05, 0) is 42.8 Å². The molecule has 3 aromatic rings. The Labute approximate surface area is 155 Å². The molecule has 0 aliphatic carbocycles. The fraction of sp³-hybridized carbons (Fsp3) is 0.100. The van der Waals surface area contributed by atoms with Crippen molar-refractivity contribution in [1.29, 1.82) is 0 Å². The Morgan fingerprint density at radius 2 is 1.74 bits per heavy atom. The van der Waals surface area contributed by atoms with Gasteiger partial charge >= 0.3 is 0 Å². The van der Waals surface area contributed by atoms with Crippen LogP contribution >= 0.6 is 0 Å². The Morgan fingerprint density at radius 1 is 1.07 bits per heavy atom. The van der Waals surface area contributed by atoms with Crippen molar-refractivity contribution in [2.45, 2.75) is 6.92 Å². The van der Waals surface area contributed by atoms with Crippen molar-refractivity contribution in [3.05, 3.63) is 92.4 Å².